The first-order chi connectivity index (χ1) is 16.7. The summed E-state index contributed by atoms with van der Waals surface area (Å²) >= 11 is 6.57. The van der Waals surface area contributed by atoms with Gasteiger partial charge in [-0.2, -0.15) is 0 Å². The second-order valence-corrected chi connectivity index (χ2v) is 10.8. The molecule has 0 fully saturated rings. The first kappa shape index (κ1) is 24.3. The van der Waals surface area contributed by atoms with Crippen LogP contribution in [-0.4, -0.2) is 25.6 Å². The van der Waals surface area contributed by atoms with Gasteiger partial charge in [0.15, 0.2) is 0 Å². The van der Waals surface area contributed by atoms with Crippen LogP contribution in [0.15, 0.2) is 69.8 Å². The van der Waals surface area contributed by atoms with Crippen molar-refractivity contribution in [2.75, 3.05) is 17.2 Å². The molecule has 2 aromatic heterocycles. The van der Waals surface area contributed by atoms with Gasteiger partial charge in [-0.1, -0.05) is 17.5 Å². The first-order valence-corrected chi connectivity index (χ1v) is 12.6. The Bertz CT molecular complexity index is 1640. The van der Waals surface area contributed by atoms with Crippen LogP contribution >= 0.6 is 22.9 Å². The van der Waals surface area contributed by atoms with Gasteiger partial charge in [0.25, 0.3) is 15.6 Å². The maximum Gasteiger partial charge on any atom is 0.333 e. The highest BCUT2D eigenvalue weighted by atomic mass is 35.5. The minimum Gasteiger partial charge on any atom is -0.372 e. The Morgan fingerprint density at radius 1 is 1.14 bits per heavy atom. The fourth-order valence-electron chi connectivity index (χ4n) is 3.23. The number of aromatic nitrogens is 1. The van der Waals surface area contributed by atoms with Crippen LogP contribution in [-0.2, 0) is 10.0 Å². The Morgan fingerprint density at radius 3 is 2.54 bits per heavy atom. The van der Waals surface area contributed by atoms with Gasteiger partial charge in [0.2, 0.25) is 0 Å². The summed E-state index contributed by atoms with van der Waals surface area (Å²) in [5.74, 6) is 1.76. The number of hydrogen-bond acceptors (Lipinski definition) is 6. The van der Waals surface area contributed by atoms with Crippen molar-refractivity contribution in [3.05, 3.63) is 81.3 Å². The number of nitrogens with one attached hydrogen (secondary N) is 3. The molecule has 0 saturated heterocycles. The molecule has 2 amide bonds. The molecule has 0 aliphatic carbocycles. The van der Waals surface area contributed by atoms with E-state index in [1.807, 2.05) is 4.72 Å². The molecule has 0 unspecified atom stereocenters. The van der Waals surface area contributed by atoms with Crippen molar-refractivity contribution in [3.63, 3.8) is 0 Å². The number of thiophene rings is 1. The van der Waals surface area contributed by atoms with Gasteiger partial charge in [0, 0.05) is 17.6 Å². The predicted molar refractivity (Wildman–Crippen MR) is 135 cm³/mol. The Kier molecular flexibility index (Phi) is 6.79. The summed E-state index contributed by atoms with van der Waals surface area (Å²) in [6.07, 6.45) is 6.73. The molecule has 12 heteroatoms. The van der Waals surface area contributed by atoms with Crippen molar-refractivity contribution in [2.45, 2.75) is 4.21 Å². The summed E-state index contributed by atoms with van der Waals surface area (Å²) in [4.78, 5) is 25.1. The van der Waals surface area contributed by atoms with E-state index in [1.54, 1.807) is 24.4 Å². The van der Waals surface area contributed by atoms with Crippen LogP contribution in [0.4, 0.5) is 20.6 Å². The lowest BCUT2D eigenvalue weighted by molar-refractivity contribution is 0.256. The average molecular weight is 531 g/mol. The molecule has 3 N–H and O–H groups in total. The molecule has 8 nitrogen and oxygen atoms in total. The van der Waals surface area contributed by atoms with Crippen LogP contribution in [0, 0.1) is 18.2 Å². The SMILES string of the molecule is C#CCNc1cc2ccn(-c3ccc(NC(=O)NS(=O)(=O)c4ccc(Cl)s4)cc3)c(=O)c2cc1F. The van der Waals surface area contributed by atoms with E-state index in [1.165, 1.54) is 34.9 Å². The molecule has 0 aliphatic rings. The lowest BCUT2D eigenvalue weighted by atomic mass is 10.1. The van der Waals surface area contributed by atoms with Gasteiger partial charge in [0.05, 0.1) is 22.0 Å². The summed E-state index contributed by atoms with van der Waals surface area (Å²) in [5.41, 5.74) is 0.503. The molecule has 0 bridgehead atoms. The van der Waals surface area contributed by atoms with E-state index in [9.17, 15) is 22.4 Å². The number of rotatable bonds is 6. The third-order valence-electron chi connectivity index (χ3n) is 4.82. The number of fused-ring (bicyclic) bond motifs is 1. The van der Waals surface area contributed by atoms with Crippen molar-refractivity contribution < 1.29 is 17.6 Å². The molecular weight excluding hydrogens is 515 g/mol. The third kappa shape index (κ3) is 5.30. The largest absolute Gasteiger partial charge is 0.372 e. The number of hydrogen-bond donors (Lipinski definition) is 3. The summed E-state index contributed by atoms with van der Waals surface area (Å²) in [5, 5.41) is 5.89. The van der Waals surface area contributed by atoms with E-state index in [4.69, 9.17) is 18.0 Å². The zero-order valence-corrected chi connectivity index (χ0v) is 20.1. The van der Waals surface area contributed by atoms with Crippen LogP contribution in [0.2, 0.25) is 4.34 Å². The lowest BCUT2D eigenvalue weighted by Crippen LogP contribution is -2.33. The maximum atomic E-state index is 14.4. The quantitative estimate of drug-likeness (QED) is 0.320. The number of terminal acetylenes is 1. The van der Waals surface area contributed by atoms with Crippen LogP contribution < -0.4 is 20.9 Å². The number of carbonyl (C=O) groups excluding carboxylic acids is 1. The fourth-order valence-corrected chi connectivity index (χ4v) is 5.62. The van der Waals surface area contributed by atoms with Gasteiger partial charge >= 0.3 is 6.03 Å². The third-order valence-corrected chi connectivity index (χ3v) is 7.87. The highest BCUT2D eigenvalue weighted by Crippen LogP contribution is 2.25. The smallest absolute Gasteiger partial charge is 0.333 e. The number of sulfonamides is 1. The zero-order valence-electron chi connectivity index (χ0n) is 17.7. The van der Waals surface area contributed by atoms with E-state index in [0.29, 0.717) is 11.1 Å². The van der Waals surface area contributed by atoms with Gasteiger partial charge < -0.3 is 10.6 Å². The number of amides is 2. The Morgan fingerprint density at radius 2 is 1.89 bits per heavy atom. The minimum atomic E-state index is -4.07. The number of nitrogens with zero attached hydrogens (tertiary/aromatic N) is 1. The lowest BCUT2D eigenvalue weighted by Gasteiger charge is -2.11. The normalized spacial score (nSPS) is 11.1. The molecule has 2 heterocycles. The van der Waals surface area contributed by atoms with E-state index < -0.39 is 27.4 Å². The van der Waals surface area contributed by atoms with Gasteiger partial charge in [-0.05, 0) is 60.0 Å². The monoisotopic (exact) mass is 530 g/mol. The number of benzene rings is 2. The molecule has 2 aromatic carbocycles. The molecular formula is C23H16ClFN4O4S2. The van der Waals surface area contributed by atoms with Gasteiger partial charge in [-0.3, -0.25) is 9.36 Å². The zero-order chi connectivity index (χ0) is 25.2. The highest BCUT2D eigenvalue weighted by Gasteiger charge is 2.20. The van der Waals surface area contributed by atoms with E-state index in [2.05, 4.69) is 16.6 Å². The standard InChI is InChI=1S/C23H16ClFN4O4S2/c1-2-10-26-19-12-14-9-11-29(22(30)17(14)13-18(19)25)16-5-3-15(4-6-16)27-23(31)28-35(32,33)21-8-7-20(24)34-21/h1,3-9,11-13,26H,10H2,(H2,27,28,31). The van der Waals surface area contributed by atoms with Crippen LogP contribution in [0.3, 0.4) is 0 Å². The Labute approximate surface area is 208 Å². The van der Waals surface area contributed by atoms with E-state index in [-0.39, 0.29) is 31.9 Å². The van der Waals surface area contributed by atoms with Crippen molar-refractivity contribution in [2.24, 2.45) is 0 Å². The van der Waals surface area contributed by atoms with Crippen LogP contribution in [0.1, 0.15) is 0 Å². The summed E-state index contributed by atoms with van der Waals surface area (Å²) in [6.45, 7) is 0.145. The minimum absolute atomic E-state index is 0.0981. The molecule has 0 atom stereocenters. The predicted octanol–water partition coefficient (Wildman–Crippen LogP) is 4.40. The van der Waals surface area contributed by atoms with Gasteiger partial charge in [-0.25, -0.2) is 22.3 Å². The number of anilines is 2. The maximum absolute atomic E-state index is 14.4. The molecule has 4 aromatic rings. The van der Waals surface area contributed by atoms with Crippen LogP contribution in [0.5, 0.6) is 0 Å². The van der Waals surface area contributed by atoms with Crippen LogP contribution in [0.25, 0.3) is 16.5 Å². The molecule has 0 spiro atoms. The first-order valence-electron chi connectivity index (χ1n) is 9.90. The molecule has 178 valence electrons. The summed E-state index contributed by atoms with van der Waals surface area (Å²) < 4.78 is 42.2. The van der Waals surface area contributed by atoms with Gasteiger partial charge in [-0.15, -0.1) is 17.8 Å². The van der Waals surface area contributed by atoms with Crippen molar-refractivity contribution in [3.8, 4) is 18.0 Å². The second kappa shape index (κ2) is 9.79. The molecule has 0 aliphatic heterocycles. The summed E-state index contributed by atoms with van der Waals surface area (Å²) in [7, 11) is -4.07. The van der Waals surface area contributed by atoms with Crippen molar-refractivity contribution >= 4 is 61.1 Å². The number of pyridine rings is 1. The van der Waals surface area contributed by atoms with Crippen molar-refractivity contribution in [1.29, 1.82) is 0 Å². The topological polar surface area (TPSA) is 109 Å². The average Bonchev–Trinajstić information content (AvgIpc) is 3.26. The molecule has 35 heavy (non-hydrogen) atoms. The van der Waals surface area contributed by atoms with Gasteiger partial charge in [0.1, 0.15) is 10.0 Å². The number of carbonyl (C=O) groups is 1. The van der Waals surface area contributed by atoms with Crippen molar-refractivity contribution in [1.82, 2.24) is 9.29 Å². The molecule has 0 radical (unpaired) electrons. The highest BCUT2D eigenvalue weighted by molar-refractivity contribution is 7.92. The Hall–Kier alpha value is -3.85. The fraction of sp³-hybridized carbons (Fsp3) is 0.0435. The number of halogens is 2. The Balaban J connectivity index is 1.52. The second-order valence-electron chi connectivity index (χ2n) is 7.13. The molecule has 4 rings (SSSR count). The van der Waals surface area contributed by atoms with E-state index >= 15 is 0 Å². The van der Waals surface area contributed by atoms with E-state index in [0.717, 1.165) is 17.4 Å². The molecule has 0 saturated carbocycles. The number of urea groups is 1. The summed E-state index contributed by atoms with van der Waals surface area (Å²) in [6, 6.07) is 12.2.